The number of hydrogen-bond donors (Lipinski definition) is 2. The highest BCUT2D eigenvalue weighted by Crippen LogP contribution is 2.48. The third-order valence-electron chi connectivity index (χ3n) is 4.01. The number of nitrogens with one attached hydrogen (secondary N) is 1. The summed E-state index contributed by atoms with van der Waals surface area (Å²) >= 11 is 0. The average Bonchev–Trinajstić information content (AvgIpc) is 2.85. The van der Waals surface area contributed by atoms with Gasteiger partial charge < -0.3 is 10.4 Å². The molecule has 3 heteroatoms. The molecule has 1 aromatic rings. The maximum atomic E-state index is 10.8. The molecular weight excluding hydrogens is 188 g/mol. The number of fused-ring (bicyclic) bond motifs is 1. The molecule has 3 rings (SSSR count). The monoisotopic (exact) mass is 204 g/mol. The smallest absolute Gasteiger partial charge is 0.0954 e. The highest BCUT2D eigenvalue weighted by molar-refractivity contribution is 5.23. The molecule has 1 aromatic heterocycles. The minimum Gasteiger partial charge on any atom is -0.385 e. The summed E-state index contributed by atoms with van der Waals surface area (Å²) < 4.78 is 0. The Balaban J connectivity index is 1.97. The number of aromatic nitrogens is 1. The van der Waals surface area contributed by atoms with Gasteiger partial charge in [-0.1, -0.05) is 6.07 Å². The van der Waals surface area contributed by atoms with Gasteiger partial charge in [-0.3, -0.25) is 4.98 Å². The van der Waals surface area contributed by atoms with Crippen LogP contribution in [0.2, 0.25) is 0 Å². The lowest BCUT2D eigenvalue weighted by atomic mass is 9.83. The van der Waals surface area contributed by atoms with Gasteiger partial charge in [0.05, 0.1) is 5.60 Å². The molecule has 0 radical (unpaired) electrons. The van der Waals surface area contributed by atoms with Crippen LogP contribution in [-0.4, -0.2) is 23.2 Å². The van der Waals surface area contributed by atoms with Crippen molar-refractivity contribution in [3.8, 4) is 0 Å². The standard InChI is InChI=1S/C12H16N2O/c15-12(10-2-1-5-13-7-10)4-3-9-6-14-8-11(9)12/h1-2,5,7,9,11,14-15H,3-4,6,8H2/t9-,11+,12?/m1/s1. The molecule has 0 amide bonds. The van der Waals surface area contributed by atoms with Gasteiger partial charge in [-0.2, -0.15) is 0 Å². The largest absolute Gasteiger partial charge is 0.385 e. The molecule has 1 aliphatic carbocycles. The summed E-state index contributed by atoms with van der Waals surface area (Å²) in [4.78, 5) is 4.11. The molecule has 2 fully saturated rings. The minimum atomic E-state index is -0.636. The predicted molar refractivity (Wildman–Crippen MR) is 57.2 cm³/mol. The lowest BCUT2D eigenvalue weighted by Gasteiger charge is -2.29. The van der Waals surface area contributed by atoms with E-state index in [0.29, 0.717) is 11.8 Å². The Morgan fingerprint density at radius 3 is 3.20 bits per heavy atom. The van der Waals surface area contributed by atoms with E-state index in [2.05, 4.69) is 10.3 Å². The molecule has 0 bridgehead atoms. The van der Waals surface area contributed by atoms with Gasteiger partial charge in [0.1, 0.15) is 0 Å². The van der Waals surface area contributed by atoms with E-state index in [1.807, 2.05) is 12.1 Å². The first-order chi connectivity index (χ1) is 7.31. The van der Waals surface area contributed by atoms with Crippen LogP contribution in [0.4, 0.5) is 0 Å². The van der Waals surface area contributed by atoms with Crippen molar-refractivity contribution < 1.29 is 5.11 Å². The summed E-state index contributed by atoms with van der Waals surface area (Å²) in [6.07, 6.45) is 5.58. The molecule has 3 nitrogen and oxygen atoms in total. The summed E-state index contributed by atoms with van der Waals surface area (Å²) in [5.41, 5.74) is 0.351. The maximum absolute atomic E-state index is 10.8. The molecule has 1 unspecified atom stereocenters. The van der Waals surface area contributed by atoms with Crippen LogP contribution in [0, 0.1) is 11.8 Å². The van der Waals surface area contributed by atoms with Crippen LogP contribution in [-0.2, 0) is 5.60 Å². The van der Waals surface area contributed by atoms with Crippen LogP contribution >= 0.6 is 0 Å². The second-order valence-corrected chi connectivity index (χ2v) is 4.73. The van der Waals surface area contributed by atoms with Gasteiger partial charge in [0.15, 0.2) is 0 Å². The molecule has 15 heavy (non-hydrogen) atoms. The van der Waals surface area contributed by atoms with Crippen molar-refractivity contribution in [2.75, 3.05) is 13.1 Å². The van der Waals surface area contributed by atoms with Crippen molar-refractivity contribution in [3.63, 3.8) is 0 Å². The summed E-state index contributed by atoms with van der Waals surface area (Å²) in [5, 5.41) is 14.1. The molecular formula is C12H16N2O. The average molecular weight is 204 g/mol. The van der Waals surface area contributed by atoms with Crippen LogP contribution in [0.15, 0.2) is 24.5 Å². The quantitative estimate of drug-likeness (QED) is 0.714. The van der Waals surface area contributed by atoms with E-state index in [0.717, 1.165) is 31.5 Å². The molecule has 0 aromatic carbocycles. The van der Waals surface area contributed by atoms with E-state index in [4.69, 9.17) is 0 Å². The maximum Gasteiger partial charge on any atom is 0.0954 e. The SMILES string of the molecule is OC1(c2cccnc2)CC[C@@H]2CNC[C@@H]21. The fourth-order valence-electron chi connectivity index (χ4n) is 3.16. The molecule has 2 heterocycles. The summed E-state index contributed by atoms with van der Waals surface area (Å²) in [6.45, 7) is 2.00. The Morgan fingerprint density at radius 1 is 1.47 bits per heavy atom. The van der Waals surface area contributed by atoms with Crippen molar-refractivity contribution in [1.82, 2.24) is 10.3 Å². The lowest BCUT2D eigenvalue weighted by Crippen LogP contribution is -2.33. The van der Waals surface area contributed by atoms with E-state index < -0.39 is 5.60 Å². The van der Waals surface area contributed by atoms with Gasteiger partial charge in [-0.05, 0) is 31.4 Å². The zero-order chi connectivity index (χ0) is 10.3. The Morgan fingerprint density at radius 2 is 2.40 bits per heavy atom. The summed E-state index contributed by atoms with van der Waals surface area (Å²) in [6, 6.07) is 3.90. The Hall–Kier alpha value is -0.930. The third-order valence-corrected chi connectivity index (χ3v) is 4.01. The van der Waals surface area contributed by atoms with Crippen molar-refractivity contribution in [3.05, 3.63) is 30.1 Å². The number of hydrogen-bond acceptors (Lipinski definition) is 3. The number of rotatable bonds is 1. The fraction of sp³-hybridized carbons (Fsp3) is 0.583. The molecule has 80 valence electrons. The van der Waals surface area contributed by atoms with E-state index in [-0.39, 0.29) is 0 Å². The summed E-state index contributed by atoms with van der Waals surface area (Å²) in [5.74, 6) is 1.02. The third kappa shape index (κ3) is 1.30. The second kappa shape index (κ2) is 3.29. The highest BCUT2D eigenvalue weighted by Gasteiger charge is 2.50. The van der Waals surface area contributed by atoms with E-state index in [1.165, 1.54) is 0 Å². The normalized spacial score (nSPS) is 39.3. The van der Waals surface area contributed by atoms with Gasteiger partial charge in [0, 0.05) is 30.4 Å². The zero-order valence-corrected chi connectivity index (χ0v) is 8.69. The lowest BCUT2D eigenvalue weighted by molar-refractivity contribution is -0.00220. The Labute approximate surface area is 89.5 Å². The van der Waals surface area contributed by atoms with Crippen LogP contribution in [0.3, 0.4) is 0 Å². The van der Waals surface area contributed by atoms with Crippen molar-refractivity contribution in [2.45, 2.75) is 18.4 Å². The van der Waals surface area contributed by atoms with Crippen molar-refractivity contribution >= 4 is 0 Å². The van der Waals surface area contributed by atoms with E-state index in [9.17, 15) is 5.11 Å². The molecule has 0 spiro atoms. The van der Waals surface area contributed by atoms with Crippen LogP contribution < -0.4 is 5.32 Å². The van der Waals surface area contributed by atoms with Crippen LogP contribution in [0.25, 0.3) is 0 Å². The van der Waals surface area contributed by atoms with Gasteiger partial charge in [-0.25, -0.2) is 0 Å². The molecule has 3 atom stereocenters. The molecule has 2 N–H and O–H groups in total. The Bertz CT molecular complexity index is 354. The van der Waals surface area contributed by atoms with Crippen LogP contribution in [0.5, 0.6) is 0 Å². The number of pyridine rings is 1. The van der Waals surface area contributed by atoms with Gasteiger partial charge in [0.25, 0.3) is 0 Å². The second-order valence-electron chi connectivity index (χ2n) is 4.73. The van der Waals surface area contributed by atoms with Gasteiger partial charge in [0.2, 0.25) is 0 Å². The van der Waals surface area contributed by atoms with Crippen molar-refractivity contribution in [1.29, 1.82) is 0 Å². The fourth-order valence-corrected chi connectivity index (χ4v) is 3.16. The molecule has 1 saturated carbocycles. The topological polar surface area (TPSA) is 45.2 Å². The number of aliphatic hydroxyl groups is 1. The minimum absolute atomic E-state index is 0.377. The number of nitrogens with zero attached hydrogens (tertiary/aromatic N) is 1. The highest BCUT2D eigenvalue weighted by atomic mass is 16.3. The first kappa shape index (κ1) is 9.31. The van der Waals surface area contributed by atoms with E-state index >= 15 is 0 Å². The van der Waals surface area contributed by atoms with Gasteiger partial charge >= 0.3 is 0 Å². The first-order valence-electron chi connectivity index (χ1n) is 5.64. The first-order valence-corrected chi connectivity index (χ1v) is 5.64. The predicted octanol–water partition coefficient (Wildman–Crippen LogP) is 0.899. The Kier molecular flexibility index (Phi) is 2.04. The zero-order valence-electron chi connectivity index (χ0n) is 8.69. The van der Waals surface area contributed by atoms with Gasteiger partial charge in [-0.15, -0.1) is 0 Å². The van der Waals surface area contributed by atoms with Crippen LogP contribution in [0.1, 0.15) is 18.4 Å². The molecule has 1 aliphatic heterocycles. The van der Waals surface area contributed by atoms with Crippen molar-refractivity contribution in [2.24, 2.45) is 11.8 Å². The summed E-state index contributed by atoms with van der Waals surface area (Å²) in [7, 11) is 0. The van der Waals surface area contributed by atoms with E-state index in [1.54, 1.807) is 12.4 Å². The molecule has 2 aliphatic rings. The molecule has 1 saturated heterocycles.